The molecule has 11 heteroatoms. The van der Waals surface area contributed by atoms with E-state index in [0.717, 1.165) is 6.42 Å². The third kappa shape index (κ3) is 6.47. The van der Waals surface area contributed by atoms with Crippen molar-refractivity contribution in [3.63, 3.8) is 0 Å². The van der Waals surface area contributed by atoms with Gasteiger partial charge in [0.15, 0.2) is 0 Å². The van der Waals surface area contributed by atoms with Gasteiger partial charge in [0.1, 0.15) is 5.60 Å². The number of ether oxygens (including phenoxy) is 2. The monoisotopic (exact) mass is 536 g/mol. The lowest BCUT2D eigenvalue weighted by Crippen LogP contribution is -2.60. The zero-order valence-electron chi connectivity index (χ0n) is 19.5. The zero-order chi connectivity index (χ0) is 25.8. The molecule has 0 heterocycles. The fourth-order valence-corrected chi connectivity index (χ4v) is 5.98. The molecule has 36 heavy (non-hydrogen) atoms. The van der Waals surface area contributed by atoms with Crippen molar-refractivity contribution >= 4 is 11.9 Å². The van der Waals surface area contributed by atoms with Crippen LogP contribution in [0.3, 0.4) is 0 Å². The molecule has 4 fully saturated rings. The van der Waals surface area contributed by atoms with Crippen molar-refractivity contribution in [2.45, 2.75) is 117 Å². The first-order valence-electron chi connectivity index (χ1n) is 11.6. The Kier molecular flexibility index (Phi) is 9.30. The highest BCUT2D eigenvalue weighted by molar-refractivity contribution is 5.79. The summed E-state index contributed by atoms with van der Waals surface area (Å²) in [4.78, 5) is 25.7. The average Bonchev–Trinajstić information content (AvgIpc) is 2.64. The Morgan fingerprint density at radius 3 is 1.92 bits per heavy atom. The quantitative estimate of drug-likeness (QED) is 0.224. The topological polar surface area (TPSA) is 52.6 Å². The minimum Gasteiger partial charge on any atom is -0.465 e. The van der Waals surface area contributed by atoms with Crippen molar-refractivity contribution in [2.24, 2.45) is 22.7 Å². The summed E-state index contributed by atoms with van der Waals surface area (Å²) in [5.74, 6) is -10.9. The van der Waals surface area contributed by atoms with E-state index in [0.29, 0.717) is 32.1 Å². The molecule has 2 unspecified atom stereocenters. The van der Waals surface area contributed by atoms with E-state index in [1.54, 1.807) is 13.8 Å². The minimum absolute atomic E-state index is 0. The number of hydrogen-bond donors (Lipinski definition) is 0. The summed E-state index contributed by atoms with van der Waals surface area (Å²) in [6, 6.07) is 0. The van der Waals surface area contributed by atoms with Crippen LogP contribution in [0.15, 0.2) is 0 Å². The fraction of sp³-hybridized carbons (Fsp3) is 0.920. The maximum absolute atomic E-state index is 13.8. The number of alkyl halides is 7. The van der Waals surface area contributed by atoms with E-state index in [9.17, 15) is 40.3 Å². The Hall–Kier alpha value is -1.55. The second kappa shape index (κ2) is 10.3. The molecule has 4 aliphatic rings. The van der Waals surface area contributed by atoms with Crippen LogP contribution < -0.4 is 0 Å². The Morgan fingerprint density at radius 2 is 1.44 bits per heavy atom. The first kappa shape index (κ1) is 32.5. The van der Waals surface area contributed by atoms with Crippen molar-refractivity contribution in [1.29, 1.82) is 0 Å². The van der Waals surface area contributed by atoms with E-state index in [1.165, 1.54) is 0 Å². The molecule has 4 saturated carbocycles. The van der Waals surface area contributed by atoms with Gasteiger partial charge in [-0.25, -0.2) is 8.78 Å². The second-order valence-corrected chi connectivity index (χ2v) is 11.2. The van der Waals surface area contributed by atoms with Crippen LogP contribution in [0.25, 0.3) is 0 Å². The normalized spacial score (nSPS) is 29.7. The molecule has 0 spiro atoms. The van der Waals surface area contributed by atoms with Crippen molar-refractivity contribution in [3.05, 3.63) is 0 Å². The van der Waals surface area contributed by atoms with Gasteiger partial charge in [-0.3, -0.25) is 9.59 Å². The highest BCUT2D eigenvalue weighted by Gasteiger charge is 2.64. The number of rotatable bonds is 9. The van der Waals surface area contributed by atoms with Crippen molar-refractivity contribution in [1.82, 2.24) is 0 Å². The van der Waals surface area contributed by atoms with E-state index in [1.807, 2.05) is 6.92 Å². The smallest absolute Gasteiger partial charge is 0.453 e. The van der Waals surface area contributed by atoms with E-state index in [-0.39, 0.29) is 39.1 Å². The van der Waals surface area contributed by atoms with Gasteiger partial charge in [-0.1, -0.05) is 21.8 Å². The lowest BCUT2D eigenvalue weighted by atomic mass is 9.48. The molecule has 4 bridgehead atoms. The van der Waals surface area contributed by atoms with E-state index in [4.69, 9.17) is 9.47 Å². The number of hydrogen-bond acceptors (Lipinski definition) is 4. The van der Waals surface area contributed by atoms with Crippen LogP contribution in [-0.2, 0) is 19.1 Å². The van der Waals surface area contributed by atoms with Gasteiger partial charge in [0.2, 0.25) is 0 Å². The molecule has 0 aromatic rings. The van der Waals surface area contributed by atoms with E-state index >= 15 is 0 Å². The van der Waals surface area contributed by atoms with Gasteiger partial charge in [0.05, 0.1) is 23.9 Å². The third-order valence-electron chi connectivity index (χ3n) is 7.78. The second-order valence-electron chi connectivity index (χ2n) is 11.2. The summed E-state index contributed by atoms with van der Waals surface area (Å²) < 4.78 is 101. The lowest BCUT2D eigenvalue weighted by molar-refractivity contribution is -0.301. The highest BCUT2D eigenvalue weighted by Crippen LogP contribution is 2.63. The predicted molar refractivity (Wildman–Crippen MR) is 120 cm³/mol. The SMILES string of the molecule is C.C.CCC(C)(C)C(=O)OC12CC3CC(C1)CC(C(=O)OCCC(F)(F)CC(F)(F)C(F)(F)F)(C3)C2. The van der Waals surface area contributed by atoms with E-state index < -0.39 is 59.9 Å². The maximum atomic E-state index is 13.8. The first-order chi connectivity index (χ1) is 15.3. The van der Waals surface area contributed by atoms with Crippen molar-refractivity contribution < 1.29 is 49.8 Å². The fourth-order valence-electron chi connectivity index (χ4n) is 5.98. The van der Waals surface area contributed by atoms with Crippen LogP contribution in [0.5, 0.6) is 0 Å². The summed E-state index contributed by atoms with van der Waals surface area (Å²) >= 11 is 0. The van der Waals surface area contributed by atoms with Gasteiger partial charge in [-0.15, -0.1) is 0 Å². The maximum Gasteiger partial charge on any atom is 0.453 e. The minimum atomic E-state index is -6.09. The summed E-state index contributed by atoms with van der Waals surface area (Å²) in [6.07, 6.45) is -6.53. The number of esters is 2. The molecular weight excluding hydrogens is 497 g/mol. The Labute approximate surface area is 208 Å². The number of halogens is 7. The van der Waals surface area contributed by atoms with Crippen molar-refractivity contribution in [3.8, 4) is 0 Å². The first-order valence-corrected chi connectivity index (χ1v) is 11.6. The summed E-state index contributed by atoms with van der Waals surface area (Å²) in [7, 11) is 0. The van der Waals surface area contributed by atoms with Crippen molar-refractivity contribution in [2.75, 3.05) is 6.61 Å². The summed E-state index contributed by atoms with van der Waals surface area (Å²) in [5, 5.41) is 0. The molecular formula is C25H39F7O4. The van der Waals surface area contributed by atoms with Crippen LogP contribution in [0.4, 0.5) is 30.7 Å². The van der Waals surface area contributed by atoms with Crippen LogP contribution in [0.1, 0.15) is 93.4 Å². The van der Waals surface area contributed by atoms with Gasteiger partial charge < -0.3 is 9.47 Å². The Morgan fingerprint density at radius 1 is 0.917 bits per heavy atom. The zero-order valence-corrected chi connectivity index (χ0v) is 19.5. The van der Waals surface area contributed by atoms with Gasteiger partial charge in [-0.05, 0) is 64.2 Å². The molecule has 4 nitrogen and oxygen atoms in total. The van der Waals surface area contributed by atoms with Crippen LogP contribution in [0, 0.1) is 22.7 Å². The van der Waals surface area contributed by atoms with Crippen LogP contribution >= 0.6 is 0 Å². The Balaban J connectivity index is 0.00000324. The van der Waals surface area contributed by atoms with Gasteiger partial charge in [0, 0.05) is 12.8 Å². The molecule has 2 atom stereocenters. The molecule has 0 saturated heterocycles. The molecule has 0 amide bonds. The van der Waals surface area contributed by atoms with Crippen LogP contribution in [-0.4, -0.2) is 42.2 Å². The van der Waals surface area contributed by atoms with Gasteiger partial charge >= 0.3 is 24.0 Å². The third-order valence-corrected chi connectivity index (χ3v) is 7.78. The number of carbonyl (C=O) groups excluding carboxylic acids is 2. The molecule has 0 aliphatic heterocycles. The molecule has 4 rings (SSSR count). The van der Waals surface area contributed by atoms with Gasteiger partial charge in [0.25, 0.3) is 5.92 Å². The molecule has 0 radical (unpaired) electrons. The van der Waals surface area contributed by atoms with E-state index in [2.05, 4.69) is 0 Å². The van der Waals surface area contributed by atoms with Crippen LogP contribution in [0.2, 0.25) is 0 Å². The molecule has 4 aliphatic carbocycles. The molecule has 212 valence electrons. The summed E-state index contributed by atoms with van der Waals surface area (Å²) in [5.41, 5.74) is -2.59. The summed E-state index contributed by atoms with van der Waals surface area (Å²) in [6.45, 7) is 4.41. The molecule has 0 aromatic carbocycles. The Bertz CT molecular complexity index is 793. The molecule has 0 aromatic heterocycles. The lowest BCUT2D eigenvalue weighted by Gasteiger charge is -2.60. The largest absolute Gasteiger partial charge is 0.465 e. The predicted octanol–water partition coefficient (Wildman–Crippen LogP) is 7.73. The molecule has 0 N–H and O–H groups in total. The highest BCUT2D eigenvalue weighted by atomic mass is 19.4. The van der Waals surface area contributed by atoms with Gasteiger partial charge in [-0.2, -0.15) is 22.0 Å². The standard InChI is InChI=1S/C23H31F7O4.2CH4/c1-4-18(2,3)16(31)34-20-10-14-7-15(11-20)9-19(8-14,12-20)17(32)33-6-5-21(24,25)13-22(26,27)23(28,29)30;;/h14-15H,4-13H2,1-3H3;2*1H4. The average molecular weight is 537 g/mol. The number of carbonyl (C=O) groups is 2.